The monoisotopic (exact) mass is 496 g/mol. The van der Waals surface area contributed by atoms with Gasteiger partial charge in [0.1, 0.15) is 0 Å². The minimum absolute atomic E-state index is 0. The van der Waals surface area contributed by atoms with Crippen LogP contribution in [0.15, 0.2) is 4.99 Å². The molecule has 0 aromatic rings. The van der Waals surface area contributed by atoms with Gasteiger partial charge in [-0.05, 0) is 64.6 Å². The third-order valence-corrected chi connectivity index (χ3v) is 5.26. The Kier molecular flexibility index (Phi) is 14.5. The number of likely N-dealkylation sites (tertiary alicyclic amines) is 1. The first-order chi connectivity index (χ1) is 12.8. The van der Waals surface area contributed by atoms with Gasteiger partial charge >= 0.3 is 0 Å². The molecule has 1 unspecified atom stereocenters. The van der Waals surface area contributed by atoms with Crippen LogP contribution < -0.4 is 10.6 Å². The average molecular weight is 496 g/mol. The molecule has 7 heteroatoms. The molecule has 0 aliphatic carbocycles. The maximum absolute atomic E-state index is 5.74. The van der Waals surface area contributed by atoms with Crippen LogP contribution in [-0.4, -0.2) is 76.6 Å². The van der Waals surface area contributed by atoms with Crippen LogP contribution in [0.5, 0.6) is 0 Å². The van der Waals surface area contributed by atoms with Crippen LogP contribution in [0.4, 0.5) is 0 Å². The van der Waals surface area contributed by atoms with E-state index in [1.807, 2.05) is 0 Å². The van der Waals surface area contributed by atoms with Gasteiger partial charge in [-0.25, -0.2) is 0 Å². The zero-order valence-corrected chi connectivity index (χ0v) is 19.7. The Balaban J connectivity index is 0.00000364. The van der Waals surface area contributed by atoms with E-state index in [-0.39, 0.29) is 24.0 Å². The molecule has 1 atom stereocenters. The summed E-state index contributed by atoms with van der Waals surface area (Å²) in [6.07, 6.45) is 5.99. The van der Waals surface area contributed by atoms with Gasteiger partial charge in [0.05, 0.1) is 13.2 Å². The van der Waals surface area contributed by atoms with Crippen molar-refractivity contribution in [1.29, 1.82) is 0 Å². The van der Waals surface area contributed by atoms with Gasteiger partial charge in [0.15, 0.2) is 5.96 Å². The lowest BCUT2D eigenvalue weighted by molar-refractivity contribution is 0.0893. The number of guanidine groups is 1. The summed E-state index contributed by atoms with van der Waals surface area (Å²) in [4.78, 5) is 7.25. The zero-order valence-electron chi connectivity index (χ0n) is 17.4. The van der Waals surface area contributed by atoms with Crippen LogP contribution in [-0.2, 0) is 9.47 Å². The normalized spacial score (nSPS) is 21.9. The molecule has 0 spiro atoms. The summed E-state index contributed by atoms with van der Waals surface area (Å²) in [7, 11) is 0. The molecule has 0 saturated carbocycles. The van der Waals surface area contributed by atoms with E-state index in [0.717, 1.165) is 70.8 Å². The van der Waals surface area contributed by atoms with Crippen LogP contribution in [0.25, 0.3) is 0 Å². The van der Waals surface area contributed by atoms with Crippen LogP contribution >= 0.6 is 24.0 Å². The van der Waals surface area contributed by atoms with Gasteiger partial charge in [0.25, 0.3) is 0 Å². The first-order valence-electron chi connectivity index (χ1n) is 10.7. The number of hydrogen-bond donors (Lipinski definition) is 2. The fourth-order valence-electron chi connectivity index (χ4n) is 3.46. The Morgan fingerprint density at radius 1 is 1.19 bits per heavy atom. The van der Waals surface area contributed by atoms with Crippen LogP contribution in [0.1, 0.15) is 46.0 Å². The number of rotatable bonds is 11. The lowest BCUT2D eigenvalue weighted by Gasteiger charge is -2.30. The molecule has 160 valence electrons. The molecular weight excluding hydrogens is 455 g/mol. The van der Waals surface area contributed by atoms with Gasteiger partial charge in [0, 0.05) is 38.8 Å². The number of halogens is 1. The predicted octanol–water partition coefficient (Wildman–Crippen LogP) is 2.72. The third kappa shape index (κ3) is 11.5. The molecule has 0 aromatic heterocycles. The maximum Gasteiger partial charge on any atom is 0.191 e. The van der Waals surface area contributed by atoms with Crippen molar-refractivity contribution in [1.82, 2.24) is 15.5 Å². The van der Waals surface area contributed by atoms with Gasteiger partial charge in [-0.15, -0.1) is 24.0 Å². The van der Waals surface area contributed by atoms with Gasteiger partial charge in [-0.2, -0.15) is 0 Å². The minimum atomic E-state index is 0. The molecule has 27 heavy (non-hydrogen) atoms. The second-order valence-corrected chi connectivity index (χ2v) is 7.72. The van der Waals surface area contributed by atoms with Crippen molar-refractivity contribution in [3.8, 4) is 0 Å². The molecule has 2 heterocycles. The van der Waals surface area contributed by atoms with Crippen LogP contribution in [0.3, 0.4) is 0 Å². The third-order valence-electron chi connectivity index (χ3n) is 5.26. The fraction of sp³-hybridized carbons (Fsp3) is 0.950. The van der Waals surface area contributed by atoms with Crippen molar-refractivity contribution in [3.05, 3.63) is 0 Å². The van der Waals surface area contributed by atoms with E-state index in [0.29, 0.717) is 5.92 Å². The van der Waals surface area contributed by atoms with Gasteiger partial charge in [-0.1, -0.05) is 6.92 Å². The molecule has 2 rings (SSSR count). The summed E-state index contributed by atoms with van der Waals surface area (Å²) in [5.41, 5.74) is 0. The smallest absolute Gasteiger partial charge is 0.191 e. The van der Waals surface area contributed by atoms with E-state index in [1.54, 1.807) is 0 Å². The number of nitrogens with zero attached hydrogens (tertiary/aromatic N) is 2. The summed E-state index contributed by atoms with van der Waals surface area (Å²) in [5, 5.41) is 6.79. The molecule has 0 bridgehead atoms. The van der Waals surface area contributed by atoms with Crippen molar-refractivity contribution in [2.75, 3.05) is 65.7 Å². The van der Waals surface area contributed by atoms with E-state index in [4.69, 9.17) is 9.47 Å². The Hall–Kier alpha value is -0.120. The second kappa shape index (κ2) is 15.8. The number of ether oxygens (including phenoxy) is 2. The van der Waals surface area contributed by atoms with Crippen molar-refractivity contribution in [2.24, 2.45) is 16.8 Å². The predicted molar refractivity (Wildman–Crippen MR) is 123 cm³/mol. The van der Waals surface area contributed by atoms with Gasteiger partial charge in [0.2, 0.25) is 0 Å². The van der Waals surface area contributed by atoms with E-state index in [2.05, 4.69) is 34.4 Å². The van der Waals surface area contributed by atoms with Crippen molar-refractivity contribution >= 4 is 29.9 Å². The molecule has 2 aliphatic heterocycles. The number of nitrogens with one attached hydrogen (secondary N) is 2. The molecule has 6 nitrogen and oxygen atoms in total. The van der Waals surface area contributed by atoms with E-state index in [9.17, 15) is 0 Å². The quantitative estimate of drug-likeness (QED) is 0.200. The summed E-state index contributed by atoms with van der Waals surface area (Å²) in [6.45, 7) is 14.3. The number of hydrogen-bond acceptors (Lipinski definition) is 4. The highest BCUT2D eigenvalue weighted by Gasteiger charge is 2.15. The first kappa shape index (κ1) is 24.9. The minimum Gasteiger partial charge on any atom is -0.381 e. The van der Waals surface area contributed by atoms with Crippen LogP contribution in [0, 0.1) is 11.8 Å². The van der Waals surface area contributed by atoms with E-state index in [1.165, 1.54) is 38.9 Å². The van der Waals surface area contributed by atoms with Crippen molar-refractivity contribution in [3.63, 3.8) is 0 Å². The highest BCUT2D eigenvalue weighted by molar-refractivity contribution is 14.0. The molecule has 0 radical (unpaired) electrons. The first-order valence-corrected chi connectivity index (χ1v) is 10.7. The summed E-state index contributed by atoms with van der Waals surface area (Å²) >= 11 is 0. The van der Waals surface area contributed by atoms with Crippen molar-refractivity contribution < 1.29 is 9.47 Å². The number of piperidine rings is 1. The zero-order chi connectivity index (χ0) is 18.5. The molecule has 2 fully saturated rings. The summed E-state index contributed by atoms with van der Waals surface area (Å²) in [6, 6.07) is 0. The lowest BCUT2D eigenvalue weighted by atomic mass is 9.99. The van der Waals surface area contributed by atoms with Crippen LogP contribution in [0.2, 0.25) is 0 Å². The molecular formula is C20H41IN4O2. The highest BCUT2D eigenvalue weighted by Crippen LogP contribution is 2.15. The summed E-state index contributed by atoms with van der Waals surface area (Å²) in [5.74, 6) is 2.44. The molecule has 2 N–H and O–H groups in total. The Morgan fingerprint density at radius 3 is 2.70 bits per heavy atom. The Morgan fingerprint density at radius 2 is 2.00 bits per heavy atom. The Bertz CT molecular complexity index is 384. The highest BCUT2D eigenvalue weighted by atomic mass is 127. The lowest BCUT2D eigenvalue weighted by Crippen LogP contribution is -2.39. The molecule has 0 amide bonds. The van der Waals surface area contributed by atoms with Crippen molar-refractivity contribution in [2.45, 2.75) is 46.0 Å². The molecule has 2 aliphatic rings. The SMILES string of the molecule is CCNC(=NCCCOCC1CCOC1)NCCCN1CCC(C)CC1.I. The average Bonchev–Trinajstić information content (AvgIpc) is 3.16. The Labute approximate surface area is 183 Å². The van der Waals surface area contributed by atoms with E-state index >= 15 is 0 Å². The standard InChI is InChI=1S/C20H40N4O2.HI/c1-3-21-20(22-9-4-11-24-12-6-18(2)7-13-24)23-10-5-14-25-16-19-8-15-26-17-19;/h18-19H,3-17H2,1-2H3,(H2,21,22,23);1H. The summed E-state index contributed by atoms with van der Waals surface area (Å²) < 4.78 is 11.1. The van der Waals surface area contributed by atoms with E-state index < -0.39 is 0 Å². The number of aliphatic imine (C=N–C) groups is 1. The van der Waals surface area contributed by atoms with Gasteiger partial charge < -0.3 is 25.0 Å². The largest absolute Gasteiger partial charge is 0.381 e. The molecule has 0 aromatic carbocycles. The topological polar surface area (TPSA) is 58.1 Å². The maximum atomic E-state index is 5.74. The van der Waals surface area contributed by atoms with Gasteiger partial charge in [-0.3, -0.25) is 4.99 Å². The second-order valence-electron chi connectivity index (χ2n) is 7.72. The molecule has 2 saturated heterocycles. The fourth-order valence-corrected chi connectivity index (χ4v) is 3.46.